The zero-order valence-corrected chi connectivity index (χ0v) is 18.4. The van der Waals surface area contributed by atoms with Crippen LogP contribution in [0.15, 0.2) is 23.2 Å². The van der Waals surface area contributed by atoms with E-state index in [4.69, 9.17) is 4.74 Å². The monoisotopic (exact) mass is 454 g/mol. The van der Waals surface area contributed by atoms with E-state index < -0.39 is 0 Å². The number of hydrogen-bond donors (Lipinski definition) is 0. The zero-order valence-electron chi connectivity index (χ0n) is 16.8. The molecule has 162 valence electrons. The van der Waals surface area contributed by atoms with Crippen LogP contribution in [0.5, 0.6) is 0 Å². The van der Waals surface area contributed by atoms with E-state index in [9.17, 15) is 18.8 Å². The van der Waals surface area contributed by atoms with Crippen molar-refractivity contribution in [3.63, 3.8) is 0 Å². The second kappa shape index (κ2) is 10.1. The molecule has 3 rings (SSSR count). The van der Waals surface area contributed by atoms with Gasteiger partial charge in [0.25, 0.3) is 5.91 Å². The van der Waals surface area contributed by atoms with Gasteiger partial charge in [-0.3, -0.25) is 9.59 Å². The van der Waals surface area contributed by atoms with Crippen molar-refractivity contribution < 1.29 is 23.5 Å². The molecule has 1 aromatic heterocycles. The summed E-state index contributed by atoms with van der Waals surface area (Å²) in [6, 6.07) is 4.44. The average Bonchev–Trinajstić information content (AvgIpc) is 3.02. The number of piperazine rings is 1. The van der Waals surface area contributed by atoms with E-state index in [-0.39, 0.29) is 35.2 Å². The van der Waals surface area contributed by atoms with Crippen LogP contribution < -0.4 is 4.80 Å². The quantitative estimate of drug-likeness (QED) is 0.688. The van der Waals surface area contributed by atoms with Crippen molar-refractivity contribution in [2.75, 3.05) is 44.3 Å². The van der Waals surface area contributed by atoms with E-state index in [1.165, 1.54) is 35.2 Å². The minimum atomic E-state index is -0.358. The van der Waals surface area contributed by atoms with Crippen LogP contribution in [0.4, 0.5) is 9.18 Å². The molecule has 1 fully saturated rings. The van der Waals surface area contributed by atoms with Crippen LogP contribution in [-0.4, -0.2) is 76.6 Å². The Bertz CT molecular complexity index is 1010. The predicted molar refractivity (Wildman–Crippen MR) is 114 cm³/mol. The molecule has 1 aliphatic rings. The van der Waals surface area contributed by atoms with Crippen LogP contribution in [0.25, 0.3) is 10.2 Å². The number of hydrogen-bond acceptors (Lipinski definition) is 6. The Hall–Kier alpha value is -2.40. The summed E-state index contributed by atoms with van der Waals surface area (Å²) < 4.78 is 20.8. The summed E-state index contributed by atoms with van der Waals surface area (Å²) in [5, 5.41) is 0. The van der Waals surface area contributed by atoms with E-state index in [1.54, 1.807) is 34.4 Å². The Labute approximate surface area is 181 Å². The molecule has 0 atom stereocenters. The fraction of sp³-hybridized carbons (Fsp3) is 0.474. The third-order valence-corrected chi connectivity index (χ3v) is 6.60. The Balaban J connectivity index is 1.48. The maximum atomic E-state index is 13.4. The van der Waals surface area contributed by atoms with Crippen molar-refractivity contribution in [1.82, 2.24) is 14.4 Å². The third kappa shape index (κ3) is 5.39. The first kappa shape index (κ1) is 22.3. The van der Waals surface area contributed by atoms with Gasteiger partial charge in [0.1, 0.15) is 5.82 Å². The normalized spacial score (nSPS) is 15.0. The van der Waals surface area contributed by atoms with Crippen molar-refractivity contribution >= 4 is 51.2 Å². The highest BCUT2D eigenvalue weighted by Crippen LogP contribution is 2.17. The summed E-state index contributed by atoms with van der Waals surface area (Å²) in [5.41, 5.74) is 0.803. The first-order valence-electron chi connectivity index (χ1n) is 9.49. The van der Waals surface area contributed by atoms with Crippen LogP contribution in [0, 0.1) is 5.82 Å². The number of rotatable bonds is 5. The van der Waals surface area contributed by atoms with Gasteiger partial charge in [0, 0.05) is 33.2 Å². The highest BCUT2D eigenvalue weighted by molar-refractivity contribution is 8.00. The lowest BCUT2D eigenvalue weighted by molar-refractivity contribution is -0.129. The molecule has 0 spiro atoms. The van der Waals surface area contributed by atoms with Crippen LogP contribution in [0.1, 0.15) is 6.92 Å². The summed E-state index contributed by atoms with van der Waals surface area (Å²) in [4.78, 5) is 44.1. The molecule has 2 aromatic rings. The molecule has 0 N–H and O–H groups in total. The molecule has 1 aromatic carbocycles. The molecule has 0 radical (unpaired) electrons. The fourth-order valence-electron chi connectivity index (χ4n) is 3.02. The third-order valence-electron chi connectivity index (χ3n) is 4.60. The van der Waals surface area contributed by atoms with Crippen molar-refractivity contribution in [2.24, 2.45) is 12.0 Å². The second-order valence-corrected chi connectivity index (χ2v) is 8.62. The molecule has 30 heavy (non-hydrogen) atoms. The van der Waals surface area contributed by atoms with Gasteiger partial charge in [-0.1, -0.05) is 11.3 Å². The van der Waals surface area contributed by atoms with E-state index in [1.807, 2.05) is 0 Å². The molecule has 11 heteroatoms. The van der Waals surface area contributed by atoms with Crippen molar-refractivity contribution in [3.8, 4) is 0 Å². The van der Waals surface area contributed by atoms with Crippen molar-refractivity contribution in [1.29, 1.82) is 0 Å². The number of thiazole rings is 1. The number of fused-ring (bicyclic) bond motifs is 1. The Morgan fingerprint density at radius 3 is 2.57 bits per heavy atom. The number of carbonyl (C=O) groups excluding carboxylic acids is 3. The van der Waals surface area contributed by atoms with Crippen LogP contribution in [0.2, 0.25) is 0 Å². The number of amides is 3. The van der Waals surface area contributed by atoms with Gasteiger partial charge >= 0.3 is 6.09 Å². The first-order chi connectivity index (χ1) is 14.4. The smallest absolute Gasteiger partial charge is 0.409 e. The van der Waals surface area contributed by atoms with E-state index in [2.05, 4.69) is 4.99 Å². The largest absolute Gasteiger partial charge is 0.450 e. The topological polar surface area (TPSA) is 84.2 Å². The Morgan fingerprint density at radius 2 is 1.87 bits per heavy atom. The van der Waals surface area contributed by atoms with E-state index >= 15 is 0 Å². The maximum absolute atomic E-state index is 13.4. The lowest BCUT2D eigenvalue weighted by Crippen LogP contribution is -2.51. The number of carbonyl (C=O) groups is 3. The lowest BCUT2D eigenvalue weighted by Gasteiger charge is -2.34. The number of thioether (sulfide) groups is 1. The van der Waals surface area contributed by atoms with Gasteiger partial charge in [-0.05, 0) is 25.1 Å². The summed E-state index contributed by atoms with van der Waals surface area (Å²) in [6.07, 6.45) is -0.358. The number of benzene rings is 1. The molecule has 0 aliphatic carbocycles. The lowest BCUT2D eigenvalue weighted by atomic mass is 10.3. The predicted octanol–water partition coefficient (Wildman–Crippen LogP) is 1.84. The van der Waals surface area contributed by atoms with Gasteiger partial charge in [0.2, 0.25) is 5.91 Å². The summed E-state index contributed by atoms with van der Waals surface area (Å²) in [5.74, 6) is -0.497. The van der Waals surface area contributed by atoms with Gasteiger partial charge in [-0.25, -0.2) is 9.18 Å². The number of aromatic nitrogens is 1. The number of nitrogens with zero attached hydrogens (tertiary/aromatic N) is 4. The molecule has 0 saturated carbocycles. The van der Waals surface area contributed by atoms with E-state index in [0.717, 1.165) is 5.52 Å². The van der Waals surface area contributed by atoms with Crippen LogP contribution >= 0.6 is 23.1 Å². The van der Waals surface area contributed by atoms with Gasteiger partial charge in [0.15, 0.2) is 4.80 Å². The fourth-order valence-corrected chi connectivity index (χ4v) is 4.78. The van der Waals surface area contributed by atoms with Gasteiger partial charge in [0.05, 0.1) is 28.3 Å². The molecular formula is C19H23FN4O4S2. The van der Waals surface area contributed by atoms with Crippen molar-refractivity contribution in [2.45, 2.75) is 6.92 Å². The second-order valence-electron chi connectivity index (χ2n) is 6.62. The van der Waals surface area contributed by atoms with Crippen LogP contribution in [-0.2, 0) is 21.4 Å². The molecular weight excluding hydrogens is 431 g/mol. The standard InChI is InChI=1S/C19H23FN4O4S2/c1-3-28-19(27)24-8-6-23(7-9-24)17(26)12-29-11-16(25)21-18-22(2)14-5-4-13(20)10-15(14)30-18/h4-5,10H,3,6-9,11-12H2,1-2H3. The minimum Gasteiger partial charge on any atom is -0.450 e. The molecule has 2 heterocycles. The van der Waals surface area contributed by atoms with E-state index in [0.29, 0.717) is 42.3 Å². The SMILES string of the molecule is CCOC(=O)N1CCN(C(=O)CSCC(=O)N=c2sc3cc(F)ccc3n2C)CC1. The molecule has 1 saturated heterocycles. The number of ether oxygens (including phenoxy) is 1. The molecule has 3 amide bonds. The zero-order chi connectivity index (χ0) is 21.7. The van der Waals surface area contributed by atoms with Gasteiger partial charge < -0.3 is 19.1 Å². The van der Waals surface area contributed by atoms with Gasteiger partial charge in [-0.15, -0.1) is 11.8 Å². The molecule has 0 bridgehead atoms. The minimum absolute atomic E-state index is 0.0702. The average molecular weight is 455 g/mol. The summed E-state index contributed by atoms with van der Waals surface area (Å²) >= 11 is 2.45. The Morgan fingerprint density at radius 1 is 1.17 bits per heavy atom. The maximum Gasteiger partial charge on any atom is 0.409 e. The highest BCUT2D eigenvalue weighted by atomic mass is 32.2. The molecule has 0 unspecified atom stereocenters. The van der Waals surface area contributed by atoms with Crippen molar-refractivity contribution in [3.05, 3.63) is 28.8 Å². The summed E-state index contributed by atoms with van der Waals surface area (Å²) in [7, 11) is 1.77. The number of halogens is 1. The molecule has 1 aliphatic heterocycles. The van der Waals surface area contributed by atoms with Gasteiger partial charge in [-0.2, -0.15) is 4.99 Å². The highest BCUT2D eigenvalue weighted by Gasteiger charge is 2.24. The van der Waals surface area contributed by atoms with Crippen LogP contribution in [0.3, 0.4) is 0 Å². The Kier molecular flexibility index (Phi) is 7.48. The molecule has 8 nitrogen and oxygen atoms in total. The summed E-state index contributed by atoms with van der Waals surface area (Å²) in [6.45, 7) is 3.85. The first-order valence-corrected chi connectivity index (χ1v) is 11.5. The number of aryl methyl sites for hydroxylation is 1.